The number of nitrogens with two attached hydrogens (primary N) is 1. The molecule has 21 heavy (non-hydrogen) atoms. The normalized spacial score (nSPS) is 11.6. The zero-order valence-corrected chi connectivity index (χ0v) is 12.9. The molecule has 0 aliphatic carbocycles. The third kappa shape index (κ3) is 3.98. The quantitative estimate of drug-likeness (QED) is 0.865. The molecule has 3 N–H and O–H groups in total. The van der Waals surface area contributed by atoms with E-state index in [0.717, 1.165) is 0 Å². The largest absolute Gasteiger partial charge is 0.326 e. The van der Waals surface area contributed by atoms with Crippen LogP contribution in [0.25, 0.3) is 0 Å². The molecule has 0 saturated carbocycles. The van der Waals surface area contributed by atoms with Crippen molar-refractivity contribution in [2.45, 2.75) is 24.9 Å². The first-order valence-electron chi connectivity index (χ1n) is 6.19. The van der Waals surface area contributed by atoms with Gasteiger partial charge in [0.1, 0.15) is 5.82 Å². The number of hydrogen-bond acceptors (Lipinski definition) is 5. The van der Waals surface area contributed by atoms with Gasteiger partial charge in [-0.2, -0.15) is 0 Å². The van der Waals surface area contributed by atoms with E-state index in [4.69, 9.17) is 17.3 Å². The van der Waals surface area contributed by atoms with Gasteiger partial charge in [-0.15, -0.1) is 0 Å². The van der Waals surface area contributed by atoms with Gasteiger partial charge in [0.25, 0.3) is 0 Å². The second-order valence-electron chi connectivity index (χ2n) is 4.38. The van der Waals surface area contributed by atoms with Crippen molar-refractivity contribution < 1.29 is 8.42 Å². The van der Waals surface area contributed by atoms with Crippen LogP contribution in [0.15, 0.2) is 35.4 Å². The smallest absolute Gasteiger partial charge is 0.240 e. The molecule has 0 aliphatic heterocycles. The summed E-state index contributed by atoms with van der Waals surface area (Å²) in [6.07, 6.45) is 1.58. The highest BCUT2D eigenvalue weighted by Crippen LogP contribution is 2.20. The average Bonchev–Trinajstić information content (AvgIpc) is 2.45. The number of benzene rings is 1. The lowest BCUT2D eigenvalue weighted by molar-refractivity contribution is 0.580. The summed E-state index contributed by atoms with van der Waals surface area (Å²) in [5.74, 6) is 0.585. The van der Waals surface area contributed by atoms with Crippen LogP contribution in [0.1, 0.15) is 17.1 Å². The Hall–Kier alpha value is -1.54. The molecule has 0 amide bonds. The van der Waals surface area contributed by atoms with Gasteiger partial charge in [0.2, 0.25) is 10.0 Å². The first kappa shape index (κ1) is 15.8. The highest BCUT2D eigenvalue weighted by molar-refractivity contribution is 7.89. The molecule has 112 valence electrons. The van der Waals surface area contributed by atoms with Crippen LogP contribution >= 0.6 is 11.6 Å². The second kappa shape index (κ2) is 6.48. The number of nitrogens with one attached hydrogen (secondary N) is 1. The van der Waals surface area contributed by atoms with Gasteiger partial charge in [-0.1, -0.05) is 17.7 Å². The van der Waals surface area contributed by atoms with E-state index in [1.807, 2.05) is 0 Å². The van der Waals surface area contributed by atoms with E-state index >= 15 is 0 Å². The molecule has 1 heterocycles. The number of rotatable bonds is 5. The Kier molecular flexibility index (Phi) is 4.89. The maximum Gasteiger partial charge on any atom is 0.240 e. The zero-order valence-electron chi connectivity index (χ0n) is 11.4. The summed E-state index contributed by atoms with van der Waals surface area (Å²) in [7, 11) is -3.65. The first-order valence-corrected chi connectivity index (χ1v) is 8.05. The second-order valence-corrected chi connectivity index (χ2v) is 6.55. The van der Waals surface area contributed by atoms with Crippen LogP contribution < -0.4 is 10.5 Å². The summed E-state index contributed by atoms with van der Waals surface area (Å²) in [6, 6.07) is 6.12. The van der Waals surface area contributed by atoms with Gasteiger partial charge in [-0.05, 0) is 30.7 Å². The lowest BCUT2D eigenvalue weighted by Crippen LogP contribution is -2.24. The zero-order chi connectivity index (χ0) is 15.5. The van der Waals surface area contributed by atoms with Crippen molar-refractivity contribution in [3.8, 4) is 0 Å². The summed E-state index contributed by atoms with van der Waals surface area (Å²) < 4.78 is 26.9. The van der Waals surface area contributed by atoms with Gasteiger partial charge in [0.15, 0.2) is 0 Å². The number of sulfonamides is 1. The molecule has 6 nitrogen and oxygen atoms in total. The molecule has 0 spiro atoms. The minimum Gasteiger partial charge on any atom is -0.326 e. The summed E-state index contributed by atoms with van der Waals surface area (Å²) in [6.45, 7) is 2.08. The Labute approximate surface area is 128 Å². The molecule has 0 unspecified atom stereocenters. The fraction of sp³-hybridized carbons (Fsp3) is 0.231. The summed E-state index contributed by atoms with van der Waals surface area (Å²) in [4.78, 5) is 8.18. The van der Waals surface area contributed by atoms with Gasteiger partial charge in [-0.3, -0.25) is 0 Å². The van der Waals surface area contributed by atoms with E-state index in [1.54, 1.807) is 25.3 Å². The molecule has 8 heteroatoms. The fourth-order valence-electron chi connectivity index (χ4n) is 1.72. The van der Waals surface area contributed by atoms with Crippen molar-refractivity contribution in [3.63, 3.8) is 0 Å². The summed E-state index contributed by atoms with van der Waals surface area (Å²) in [5.41, 5.74) is 6.78. The van der Waals surface area contributed by atoms with Crippen LogP contribution in [0.3, 0.4) is 0 Å². The van der Waals surface area contributed by atoms with Crippen molar-refractivity contribution in [2.24, 2.45) is 5.73 Å². The first-order chi connectivity index (χ1) is 9.92. The molecule has 2 aromatic rings. The van der Waals surface area contributed by atoms with Gasteiger partial charge in [-0.25, -0.2) is 23.1 Å². The molecule has 0 fully saturated rings. The highest BCUT2D eigenvalue weighted by Gasteiger charge is 2.15. The molecular formula is C13H15ClN4O2S. The van der Waals surface area contributed by atoms with Gasteiger partial charge < -0.3 is 5.73 Å². The van der Waals surface area contributed by atoms with Crippen molar-refractivity contribution >= 4 is 21.6 Å². The number of aryl methyl sites for hydroxylation is 1. The standard InChI is InChI=1S/C13H15ClN4O2S/c1-9-16-5-4-11(18-9)8-17-21(19,20)12-3-2-10(7-15)13(14)6-12/h2-6,17H,7-8,15H2,1H3. The maximum absolute atomic E-state index is 12.2. The molecule has 0 bridgehead atoms. The Balaban J connectivity index is 2.17. The molecule has 0 aliphatic rings. The predicted molar refractivity (Wildman–Crippen MR) is 80.1 cm³/mol. The van der Waals surface area contributed by atoms with Crippen molar-refractivity contribution in [3.05, 3.63) is 52.6 Å². The maximum atomic E-state index is 12.2. The Morgan fingerprint density at radius 3 is 2.71 bits per heavy atom. The van der Waals surface area contributed by atoms with Crippen LogP contribution in [-0.2, 0) is 23.1 Å². The fourth-order valence-corrected chi connectivity index (χ4v) is 3.06. The molecule has 1 aromatic carbocycles. The topological polar surface area (TPSA) is 98.0 Å². The van der Waals surface area contributed by atoms with Crippen molar-refractivity contribution in [2.75, 3.05) is 0 Å². The Bertz CT molecular complexity index is 750. The molecule has 2 rings (SSSR count). The highest BCUT2D eigenvalue weighted by atomic mass is 35.5. The predicted octanol–water partition coefficient (Wildman–Crippen LogP) is 1.38. The Morgan fingerprint density at radius 2 is 2.10 bits per heavy atom. The van der Waals surface area contributed by atoms with Crippen LogP contribution in [0.4, 0.5) is 0 Å². The third-order valence-corrected chi connectivity index (χ3v) is 4.58. The van der Waals surface area contributed by atoms with Crippen molar-refractivity contribution in [1.29, 1.82) is 0 Å². The number of nitrogens with zero attached hydrogens (tertiary/aromatic N) is 2. The van der Waals surface area contributed by atoms with E-state index in [-0.39, 0.29) is 18.0 Å². The molecule has 0 atom stereocenters. The van der Waals surface area contributed by atoms with E-state index in [2.05, 4.69) is 14.7 Å². The van der Waals surface area contributed by atoms with Crippen LogP contribution in [-0.4, -0.2) is 18.4 Å². The lowest BCUT2D eigenvalue weighted by atomic mass is 10.2. The summed E-state index contributed by atoms with van der Waals surface area (Å²) >= 11 is 5.98. The van der Waals surface area contributed by atoms with E-state index in [0.29, 0.717) is 22.1 Å². The summed E-state index contributed by atoms with van der Waals surface area (Å²) in [5, 5.41) is 0.332. The molecule has 0 saturated heterocycles. The van der Waals surface area contributed by atoms with Crippen LogP contribution in [0.5, 0.6) is 0 Å². The minimum atomic E-state index is -3.65. The SMILES string of the molecule is Cc1nccc(CNS(=O)(=O)c2ccc(CN)c(Cl)c2)n1. The monoisotopic (exact) mass is 326 g/mol. The molecule has 0 radical (unpaired) electrons. The van der Waals surface area contributed by atoms with Crippen molar-refractivity contribution in [1.82, 2.24) is 14.7 Å². The number of aromatic nitrogens is 2. The van der Waals surface area contributed by atoms with Gasteiger partial charge >= 0.3 is 0 Å². The minimum absolute atomic E-state index is 0.0853. The van der Waals surface area contributed by atoms with Crippen LogP contribution in [0, 0.1) is 6.92 Å². The number of hydrogen-bond donors (Lipinski definition) is 2. The lowest BCUT2D eigenvalue weighted by Gasteiger charge is -2.08. The number of halogens is 1. The van der Waals surface area contributed by atoms with Crippen LogP contribution in [0.2, 0.25) is 5.02 Å². The Morgan fingerprint density at radius 1 is 1.33 bits per heavy atom. The average molecular weight is 327 g/mol. The molecule has 1 aromatic heterocycles. The van der Waals surface area contributed by atoms with E-state index in [1.165, 1.54) is 12.1 Å². The third-order valence-electron chi connectivity index (χ3n) is 2.83. The van der Waals surface area contributed by atoms with E-state index in [9.17, 15) is 8.42 Å². The van der Waals surface area contributed by atoms with E-state index < -0.39 is 10.0 Å². The molecular weight excluding hydrogens is 312 g/mol. The van der Waals surface area contributed by atoms with Gasteiger partial charge in [0, 0.05) is 17.8 Å². The van der Waals surface area contributed by atoms with Gasteiger partial charge in [0.05, 0.1) is 17.1 Å².